The lowest BCUT2D eigenvalue weighted by molar-refractivity contribution is -0.136. The van der Waals surface area contributed by atoms with Crippen LogP contribution in [0, 0.1) is 5.82 Å². The van der Waals surface area contributed by atoms with Crippen molar-refractivity contribution in [2.45, 2.75) is 32.7 Å². The number of methoxy groups -OCH3 is 1. The van der Waals surface area contributed by atoms with Gasteiger partial charge in [-0.1, -0.05) is 31.5 Å². The molecule has 0 amide bonds. The van der Waals surface area contributed by atoms with E-state index in [-0.39, 0.29) is 12.2 Å². The van der Waals surface area contributed by atoms with Gasteiger partial charge in [0.15, 0.2) is 0 Å². The lowest BCUT2D eigenvalue weighted by Gasteiger charge is -2.08. The summed E-state index contributed by atoms with van der Waals surface area (Å²) in [6, 6.07) is 13.6. The third-order valence-corrected chi connectivity index (χ3v) is 4.52. The van der Waals surface area contributed by atoms with E-state index in [0.29, 0.717) is 29.1 Å². The summed E-state index contributed by atoms with van der Waals surface area (Å²) in [5.74, 6) is -0.589. The van der Waals surface area contributed by atoms with E-state index in [4.69, 9.17) is 14.9 Å². The highest BCUT2D eigenvalue weighted by atomic mass is 19.1. The van der Waals surface area contributed by atoms with Gasteiger partial charge in [-0.3, -0.25) is 9.48 Å². The fourth-order valence-corrected chi connectivity index (χ4v) is 3.15. The van der Waals surface area contributed by atoms with Crippen molar-refractivity contribution in [3.8, 4) is 28.3 Å². The van der Waals surface area contributed by atoms with Crippen LogP contribution < -0.4 is 4.74 Å². The highest BCUT2D eigenvalue weighted by molar-refractivity contribution is 5.76. The lowest BCUT2D eigenvalue weighted by atomic mass is 10.0. The van der Waals surface area contributed by atoms with Crippen LogP contribution in [-0.4, -0.2) is 28.0 Å². The maximum absolute atomic E-state index is 13.8. The average molecular weight is 382 g/mol. The quantitative estimate of drug-likeness (QED) is 0.608. The van der Waals surface area contributed by atoms with E-state index < -0.39 is 5.97 Å². The molecule has 0 unspecified atom stereocenters. The van der Waals surface area contributed by atoms with Crippen LogP contribution in [0.15, 0.2) is 48.5 Å². The van der Waals surface area contributed by atoms with E-state index in [0.717, 1.165) is 24.1 Å². The summed E-state index contributed by atoms with van der Waals surface area (Å²) >= 11 is 0. The van der Waals surface area contributed by atoms with Gasteiger partial charge in [-0.05, 0) is 42.3 Å². The molecule has 3 rings (SSSR count). The van der Waals surface area contributed by atoms with E-state index in [2.05, 4.69) is 6.92 Å². The molecule has 1 aromatic heterocycles. The largest absolute Gasteiger partial charge is 0.496 e. The van der Waals surface area contributed by atoms with E-state index in [1.807, 2.05) is 16.8 Å². The molecule has 0 saturated heterocycles. The average Bonchev–Trinajstić information content (AvgIpc) is 3.10. The van der Waals surface area contributed by atoms with Crippen LogP contribution in [0.4, 0.5) is 4.39 Å². The molecule has 2 aromatic carbocycles. The first kappa shape index (κ1) is 19.6. The van der Waals surface area contributed by atoms with Gasteiger partial charge in [-0.15, -0.1) is 0 Å². The van der Waals surface area contributed by atoms with Gasteiger partial charge in [0.05, 0.1) is 24.9 Å². The molecular formula is C22H23FN2O3. The molecule has 3 aromatic rings. The van der Waals surface area contributed by atoms with Gasteiger partial charge in [0.2, 0.25) is 0 Å². The van der Waals surface area contributed by atoms with Gasteiger partial charge in [0, 0.05) is 17.7 Å². The van der Waals surface area contributed by atoms with Gasteiger partial charge < -0.3 is 9.84 Å². The Morgan fingerprint density at radius 1 is 1.21 bits per heavy atom. The number of carboxylic acids is 1. The minimum Gasteiger partial charge on any atom is -0.496 e. The second kappa shape index (κ2) is 8.69. The fraction of sp³-hybridized carbons (Fsp3) is 0.273. The zero-order valence-corrected chi connectivity index (χ0v) is 16.0. The molecule has 1 heterocycles. The summed E-state index contributed by atoms with van der Waals surface area (Å²) in [5, 5.41) is 13.8. The molecule has 0 radical (unpaired) electrons. The second-order valence-corrected chi connectivity index (χ2v) is 6.61. The summed E-state index contributed by atoms with van der Waals surface area (Å²) in [5.41, 5.74) is 3.61. The Hall–Kier alpha value is -3.15. The van der Waals surface area contributed by atoms with Crippen LogP contribution in [0.3, 0.4) is 0 Å². The van der Waals surface area contributed by atoms with Gasteiger partial charge in [0.1, 0.15) is 11.6 Å². The molecule has 1 N–H and O–H groups in total. The Kier molecular flexibility index (Phi) is 6.09. The smallest absolute Gasteiger partial charge is 0.307 e. The molecule has 6 heteroatoms. The van der Waals surface area contributed by atoms with Crippen LogP contribution in [-0.2, 0) is 17.8 Å². The third kappa shape index (κ3) is 4.39. The standard InChI is InChI=1S/C22H23FN2O3/c1-3-4-10-25-20(16-6-5-7-17(23)13-16)14-19(24-25)18-11-15(12-22(26)27)8-9-21(18)28-2/h5-9,11,13-14H,3-4,10,12H2,1-2H3,(H,26,27). The van der Waals surface area contributed by atoms with Gasteiger partial charge in [0.25, 0.3) is 0 Å². The number of carbonyl (C=O) groups is 1. The van der Waals surface area contributed by atoms with Crippen molar-refractivity contribution >= 4 is 5.97 Å². The number of hydrogen-bond acceptors (Lipinski definition) is 3. The van der Waals surface area contributed by atoms with Gasteiger partial charge in [-0.25, -0.2) is 4.39 Å². The number of carboxylic acid groups (broad SMARTS) is 1. The van der Waals surface area contributed by atoms with E-state index in [9.17, 15) is 9.18 Å². The first-order chi connectivity index (χ1) is 13.5. The highest BCUT2D eigenvalue weighted by Crippen LogP contribution is 2.33. The molecule has 0 aliphatic heterocycles. The summed E-state index contributed by atoms with van der Waals surface area (Å²) in [6.45, 7) is 2.81. The molecule has 0 aliphatic rings. The Balaban J connectivity index is 2.10. The van der Waals surface area contributed by atoms with E-state index >= 15 is 0 Å². The van der Waals surface area contributed by atoms with Crippen molar-refractivity contribution in [2.24, 2.45) is 0 Å². The zero-order chi connectivity index (χ0) is 20.1. The molecule has 146 valence electrons. The number of aryl methyl sites for hydroxylation is 1. The summed E-state index contributed by atoms with van der Waals surface area (Å²) in [4.78, 5) is 11.1. The normalized spacial score (nSPS) is 10.8. The van der Waals surface area contributed by atoms with Crippen LogP contribution in [0.1, 0.15) is 25.3 Å². The Labute approximate surface area is 163 Å². The first-order valence-corrected chi connectivity index (χ1v) is 9.24. The number of aromatic nitrogens is 2. The summed E-state index contributed by atoms with van der Waals surface area (Å²) in [7, 11) is 1.57. The second-order valence-electron chi connectivity index (χ2n) is 6.61. The number of halogens is 1. The number of hydrogen-bond donors (Lipinski definition) is 1. The topological polar surface area (TPSA) is 64.4 Å². The highest BCUT2D eigenvalue weighted by Gasteiger charge is 2.16. The van der Waals surface area contributed by atoms with E-state index in [1.54, 1.807) is 31.4 Å². The maximum Gasteiger partial charge on any atom is 0.307 e. The molecule has 0 fully saturated rings. The zero-order valence-electron chi connectivity index (χ0n) is 16.0. The molecular weight excluding hydrogens is 359 g/mol. The Morgan fingerprint density at radius 2 is 2.04 bits per heavy atom. The molecule has 0 atom stereocenters. The first-order valence-electron chi connectivity index (χ1n) is 9.24. The number of rotatable bonds is 8. The van der Waals surface area contributed by atoms with Gasteiger partial charge in [-0.2, -0.15) is 5.10 Å². The Bertz CT molecular complexity index is 982. The van der Waals surface area contributed by atoms with Crippen molar-refractivity contribution < 1.29 is 19.0 Å². The van der Waals surface area contributed by atoms with Gasteiger partial charge >= 0.3 is 5.97 Å². The number of nitrogens with zero attached hydrogens (tertiary/aromatic N) is 2. The van der Waals surface area contributed by atoms with Crippen molar-refractivity contribution in [3.63, 3.8) is 0 Å². The van der Waals surface area contributed by atoms with Crippen molar-refractivity contribution in [1.82, 2.24) is 9.78 Å². The molecule has 28 heavy (non-hydrogen) atoms. The summed E-state index contributed by atoms with van der Waals surface area (Å²) < 4.78 is 21.1. The molecule has 0 bridgehead atoms. The molecule has 0 saturated carbocycles. The SMILES string of the molecule is CCCCn1nc(-c2cc(CC(=O)O)ccc2OC)cc1-c1cccc(F)c1. The van der Waals surface area contributed by atoms with Crippen molar-refractivity contribution in [3.05, 3.63) is 59.9 Å². The maximum atomic E-state index is 13.8. The van der Waals surface area contributed by atoms with Crippen LogP contribution in [0.2, 0.25) is 0 Å². The minimum absolute atomic E-state index is 0.0791. The predicted molar refractivity (Wildman–Crippen MR) is 106 cm³/mol. The van der Waals surface area contributed by atoms with Crippen molar-refractivity contribution in [2.75, 3.05) is 7.11 Å². The van der Waals surface area contributed by atoms with Crippen LogP contribution >= 0.6 is 0 Å². The minimum atomic E-state index is -0.898. The van der Waals surface area contributed by atoms with E-state index in [1.165, 1.54) is 12.1 Å². The lowest BCUT2D eigenvalue weighted by Crippen LogP contribution is -2.03. The summed E-state index contributed by atoms with van der Waals surface area (Å²) in [6.07, 6.45) is 1.87. The fourth-order valence-electron chi connectivity index (χ4n) is 3.15. The predicted octanol–water partition coefficient (Wildman–Crippen LogP) is 4.79. The number of benzene rings is 2. The number of unbranched alkanes of at least 4 members (excludes halogenated alkanes) is 1. The number of aliphatic carboxylic acids is 1. The Morgan fingerprint density at radius 3 is 2.71 bits per heavy atom. The monoisotopic (exact) mass is 382 g/mol. The van der Waals surface area contributed by atoms with Crippen LogP contribution in [0.5, 0.6) is 5.75 Å². The third-order valence-electron chi connectivity index (χ3n) is 4.52. The van der Waals surface area contributed by atoms with Crippen LogP contribution in [0.25, 0.3) is 22.5 Å². The van der Waals surface area contributed by atoms with Crippen molar-refractivity contribution in [1.29, 1.82) is 0 Å². The molecule has 5 nitrogen and oxygen atoms in total. The molecule has 0 spiro atoms. The number of ether oxygens (including phenoxy) is 1. The molecule has 0 aliphatic carbocycles.